The molecule has 1 fully saturated rings. The molecule has 1 aliphatic rings. The molecule has 2 aromatic rings. The van der Waals surface area contributed by atoms with E-state index in [4.69, 9.17) is 4.74 Å². The molecule has 3 rings (SSSR count). The molecular formula is C17H24N4O2. The van der Waals surface area contributed by atoms with Crippen LogP contribution in [0.15, 0.2) is 18.2 Å². The van der Waals surface area contributed by atoms with Gasteiger partial charge in [-0.2, -0.15) is 5.10 Å². The van der Waals surface area contributed by atoms with Gasteiger partial charge in [-0.1, -0.05) is 6.92 Å². The molecule has 0 radical (unpaired) electrons. The predicted molar refractivity (Wildman–Crippen MR) is 89.9 cm³/mol. The summed E-state index contributed by atoms with van der Waals surface area (Å²) in [6.07, 6.45) is 2.11. The van der Waals surface area contributed by atoms with Gasteiger partial charge in [0.25, 0.3) is 5.91 Å². The number of amides is 1. The van der Waals surface area contributed by atoms with E-state index < -0.39 is 0 Å². The lowest BCUT2D eigenvalue weighted by Crippen LogP contribution is -2.42. The number of carbonyl (C=O) groups is 1. The summed E-state index contributed by atoms with van der Waals surface area (Å²) < 4.78 is 5.27. The first kappa shape index (κ1) is 15.8. The van der Waals surface area contributed by atoms with Crippen LogP contribution >= 0.6 is 0 Å². The summed E-state index contributed by atoms with van der Waals surface area (Å²) in [4.78, 5) is 17.2. The first-order valence-corrected chi connectivity index (χ1v) is 8.15. The molecule has 1 aromatic carbocycles. The zero-order valence-corrected chi connectivity index (χ0v) is 14.0. The van der Waals surface area contributed by atoms with Gasteiger partial charge in [-0.25, -0.2) is 0 Å². The van der Waals surface area contributed by atoms with Crippen LogP contribution in [0.1, 0.15) is 30.3 Å². The Morgan fingerprint density at radius 1 is 1.52 bits per heavy atom. The fourth-order valence-corrected chi connectivity index (χ4v) is 3.20. The fourth-order valence-electron chi connectivity index (χ4n) is 3.20. The number of ether oxygens (including phenoxy) is 1. The molecule has 1 aliphatic heterocycles. The lowest BCUT2D eigenvalue weighted by Gasteiger charge is -2.27. The molecular weight excluding hydrogens is 292 g/mol. The van der Waals surface area contributed by atoms with Crippen molar-refractivity contribution in [2.45, 2.75) is 25.8 Å². The second-order valence-electron chi connectivity index (χ2n) is 6.13. The van der Waals surface area contributed by atoms with Crippen molar-refractivity contribution in [2.75, 3.05) is 33.8 Å². The van der Waals surface area contributed by atoms with Gasteiger partial charge >= 0.3 is 0 Å². The van der Waals surface area contributed by atoms with E-state index in [-0.39, 0.29) is 11.9 Å². The summed E-state index contributed by atoms with van der Waals surface area (Å²) in [5.41, 5.74) is 1.35. The number of rotatable bonds is 5. The predicted octanol–water partition coefficient (Wildman–Crippen LogP) is 2.13. The Morgan fingerprint density at radius 3 is 3.09 bits per heavy atom. The number of nitrogens with one attached hydrogen (secondary N) is 1. The van der Waals surface area contributed by atoms with Crippen molar-refractivity contribution in [2.24, 2.45) is 0 Å². The summed E-state index contributed by atoms with van der Waals surface area (Å²) in [7, 11) is 3.72. The summed E-state index contributed by atoms with van der Waals surface area (Å²) in [6, 6.07) is 5.90. The third-order valence-electron chi connectivity index (χ3n) is 4.67. The van der Waals surface area contributed by atoms with Crippen LogP contribution in [0.2, 0.25) is 0 Å². The Bertz CT molecular complexity index is 697. The van der Waals surface area contributed by atoms with E-state index >= 15 is 0 Å². The van der Waals surface area contributed by atoms with Crippen LogP contribution in [-0.2, 0) is 0 Å². The third kappa shape index (κ3) is 3.03. The Hall–Kier alpha value is -2.08. The highest BCUT2D eigenvalue weighted by Gasteiger charge is 2.32. The number of methoxy groups -OCH3 is 1. The average Bonchev–Trinajstić information content (AvgIpc) is 3.20. The molecule has 1 aromatic heterocycles. The zero-order chi connectivity index (χ0) is 16.4. The van der Waals surface area contributed by atoms with Crippen LogP contribution in [-0.4, -0.2) is 65.7 Å². The summed E-state index contributed by atoms with van der Waals surface area (Å²) in [5.74, 6) is 0.744. The maximum absolute atomic E-state index is 13.0. The molecule has 1 saturated heterocycles. The molecule has 23 heavy (non-hydrogen) atoms. The summed E-state index contributed by atoms with van der Waals surface area (Å²) >= 11 is 0. The van der Waals surface area contributed by atoms with Gasteiger partial charge in [0.15, 0.2) is 5.69 Å². The van der Waals surface area contributed by atoms with Crippen molar-refractivity contribution in [3.8, 4) is 5.75 Å². The monoisotopic (exact) mass is 316 g/mol. The molecule has 0 unspecified atom stereocenters. The molecule has 6 heteroatoms. The van der Waals surface area contributed by atoms with E-state index in [1.807, 2.05) is 23.1 Å². The molecule has 1 amide bonds. The summed E-state index contributed by atoms with van der Waals surface area (Å²) in [6.45, 7) is 4.84. The Balaban J connectivity index is 1.87. The Kier molecular flexibility index (Phi) is 4.52. The quantitative estimate of drug-likeness (QED) is 0.918. The van der Waals surface area contributed by atoms with Gasteiger partial charge in [0.05, 0.1) is 12.6 Å². The number of hydrogen-bond acceptors (Lipinski definition) is 4. The van der Waals surface area contributed by atoms with Crippen LogP contribution in [0.3, 0.4) is 0 Å². The first-order chi connectivity index (χ1) is 11.1. The molecule has 0 bridgehead atoms. The standard InChI is InChI=1S/C17H24N4O2/c1-4-20(2)11-12-6-5-9-21(12)17(22)16-14-10-13(23-3)7-8-15(14)18-19-16/h7-8,10,12H,4-6,9,11H2,1-3H3,(H,18,19)/t12-/m0/s1. The van der Waals surface area contributed by atoms with E-state index in [0.717, 1.165) is 49.1 Å². The van der Waals surface area contributed by atoms with Crippen LogP contribution in [0.5, 0.6) is 5.75 Å². The van der Waals surface area contributed by atoms with Crippen molar-refractivity contribution in [3.63, 3.8) is 0 Å². The van der Waals surface area contributed by atoms with Gasteiger partial charge in [0.1, 0.15) is 5.75 Å². The first-order valence-electron chi connectivity index (χ1n) is 8.15. The minimum Gasteiger partial charge on any atom is -0.497 e. The van der Waals surface area contributed by atoms with Crippen molar-refractivity contribution in [1.29, 1.82) is 0 Å². The van der Waals surface area contributed by atoms with Gasteiger partial charge in [0, 0.05) is 24.5 Å². The number of aromatic nitrogens is 2. The normalized spacial score (nSPS) is 18.1. The lowest BCUT2D eigenvalue weighted by molar-refractivity contribution is 0.0707. The van der Waals surface area contributed by atoms with E-state index in [2.05, 4.69) is 29.1 Å². The van der Waals surface area contributed by atoms with Crippen LogP contribution in [0.25, 0.3) is 10.9 Å². The molecule has 0 saturated carbocycles. The average molecular weight is 316 g/mol. The van der Waals surface area contributed by atoms with E-state index in [1.54, 1.807) is 7.11 Å². The number of benzene rings is 1. The maximum atomic E-state index is 13.0. The highest BCUT2D eigenvalue weighted by molar-refractivity contribution is 6.05. The molecule has 1 N–H and O–H groups in total. The van der Waals surface area contributed by atoms with Gasteiger partial charge in [-0.05, 0) is 44.6 Å². The largest absolute Gasteiger partial charge is 0.497 e. The second-order valence-corrected chi connectivity index (χ2v) is 6.13. The van der Waals surface area contributed by atoms with Crippen molar-refractivity contribution < 1.29 is 9.53 Å². The fraction of sp³-hybridized carbons (Fsp3) is 0.529. The number of carbonyl (C=O) groups excluding carboxylic acids is 1. The van der Waals surface area contributed by atoms with Crippen LogP contribution in [0, 0.1) is 0 Å². The van der Waals surface area contributed by atoms with E-state index in [0.29, 0.717) is 5.69 Å². The van der Waals surface area contributed by atoms with Crippen LogP contribution in [0.4, 0.5) is 0 Å². The van der Waals surface area contributed by atoms with Crippen molar-refractivity contribution >= 4 is 16.8 Å². The van der Waals surface area contributed by atoms with Gasteiger partial charge in [-0.3, -0.25) is 9.89 Å². The maximum Gasteiger partial charge on any atom is 0.275 e. The number of likely N-dealkylation sites (tertiary alicyclic amines) is 1. The zero-order valence-electron chi connectivity index (χ0n) is 14.0. The number of likely N-dealkylation sites (N-methyl/N-ethyl adjacent to an activating group) is 1. The molecule has 0 aliphatic carbocycles. The molecule has 6 nitrogen and oxygen atoms in total. The lowest BCUT2D eigenvalue weighted by atomic mass is 10.1. The number of hydrogen-bond donors (Lipinski definition) is 1. The number of fused-ring (bicyclic) bond motifs is 1. The molecule has 1 atom stereocenters. The molecule has 0 spiro atoms. The SMILES string of the molecule is CCN(C)C[C@@H]1CCCN1C(=O)c1n[nH]c2ccc(OC)cc12. The molecule has 2 heterocycles. The third-order valence-corrected chi connectivity index (χ3v) is 4.67. The van der Waals surface area contributed by atoms with Gasteiger partial charge in [-0.15, -0.1) is 0 Å². The molecule has 124 valence electrons. The van der Waals surface area contributed by atoms with Gasteiger partial charge < -0.3 is 14.5 Å². The van der Waals surface area contributed by atoms with E-state index in [9.17, 15) is 4.79 Å². The topological polar surface area (TPSA) is 61.5 Å². The van der Waals surface area contributed by atoms with Crippen LogP contribution < -0.4 is 4.74 Å². The second kappa shape index (κ2) is 6.58. The number of nitrogens with zero attached hydrogens (tertiary/aromatic N) is 3. The van der Waals surface area contributed by atoms with Crippen molar-refractivity contribution in [1.82, 2.24) is 20.0 Å². The smallest absolute Gasteiger partial charge is 0.275 e. The highest BCUT2D eigenvalue weighted by Crippen LogP contribution is 2.26. The highest BCUT2D eigenvalue weighted by atomic mass is 16.5. The Labute approximate surface area is 136 Å². The van der Waals surface area contributed by atoms with E-state index in [1.165, 1.54) is 0 Å². The number of H-pyrrole nitrogens is 1. The minimum atomic E-state index is 0.0107. The van der Waals surface area contributed by atoms with Gasteiger partial charge in [0.2, 0.25) is 0 Å². The number of aromatic amines is 1. The minimum absolute atomic E-state index is 0.0107. The summed E-state index contributed by atoms with van der Waals surface area (Å²) in [5, 5.41) is 8.03. The Morgan fingerprint density at radius 2 is 2.35 bits per heavy atom. The van der Waals surface area contributed by atoms with Crippen molar-refractivity contribution in [3.05, 3.63) is 23.9 Å².